The van der Waals surface area contributed by atoms with Crippen LogP contribution in [0.1, 0.15) is 0 Å². The summed E-state index contributed by atoms with van der Waals surface area (Å²) in [7, 11) is 0. The third-order valence-electron chi connectivity index (χ3n) is 5.23. The highest BCUT2D eigenvalue weighted by atomic mass is 79.9. The first kappa shape index (κ1) is 24.2. The minimum atomic E-state index is -0.0657. The summed E-state index contributed by atoms with van der Waals surface area (Å²) in [4.78, 5) is 35.3. The monoisotopic (exact) mass is 548 g/mol. The number of benzene rings is 1. The lowest BCUT2D eigenvalue weighted by atomic mass is 10.2. The van der Waals surface area contributed by atoms with Crippen molar-refractivity contribution in [2.45, 2.75) is 0 Å². The number of halogens is 1. The predicted octanol–water partition coefficient (Wildman–Crippen LogP) is 2.53. The number of thiophene rings is 1. The summed E-state index contributed by atoms with van der Waals surface area (Å²) in [5.74, 6) is 0. The maximum absolute atomic E-state index is 11.5. The quantitative estimate of drug-likeness (QED) is 0.417. The lowest BCUT2D eigenvalue weighted by molar-refractivity contribution is 0.197. The van der Waals surface area contributed by atoms with Gasteiger partial charge in [0.25, 0.3) is 0 Å². The fourth-order valence-corrected chi connectivity index (χ4v) is 5.11. The Labute approximate surface area is 209 Å². The Morgan fingerprint density at radius 1 is 1.09 bits per heavy atom. The molecule has 2 aliphatic rings. The van der Waals surface area contributed by atoms with Gasteiger partial charge in [-0.25, -0.2) is 14.6 Å². The SMILES string of the molecule is O=C1NCCN1CCO.O=C1NCCN1CCOc1ncc(Br)c(-c2cc3ccccc3s2)n1. The van der Waals surface area contributed by atoms with Crippen molar-refractivity contribution >= 4 is 49.4 Å². The second kappa shape index (κ2) is 11.4. The molecule has 3 aromatic rings. The zero-order valence-corrected chi connectivity index (χ0v) is 20.8. The number of β-amino-alcohol motifs (C(OH)–C–C–N with tert-alkyl or cyclic N) is 1. The van der Waals surface area contributed by atoms with Gasteiger partial charge in [0.1, 0.15) is 12.3 Å². The molecule has 0 saturated carbocycles. The van der Waals surface area contributed by atoms with E-state index in [0.717, 1.165) is 21.6 Å². The molecule has 2 saturated heterocycles. The maximum atomic E-state index is 11.5. The van der Waals surface area contributed by atoms with Gasteiger partial charge in [0.05, 0.1) is 22.5 Å². The Balaban J connectivity index is 0.000000257. The topological polar surface area (TPSA) is 120 Å². The van der Waals surface area contributed by atoms with Crippen LogP contribution >= 0.6 is 27.3 Å². The Morgan fingerprint density at radius 2 is 1.79 bits per heavy atom. The predicted molar refractivity (Wildman–Crippen MR) is 133 cm³/mol. The standard InChI is InChI=1S/C17H15BrN4O2S.C5H10N2O2/c18-12-10-20-16(24-8-7-22-6-5-19-17(22)23)21-15(12)14-9-11-3-1-2-4-13(11)25-14;8-4-3-7-2-1-6-5(7)9/h1-4,9-10H,5-8H2,(H,19,23);8H,1-4H2,(H,6,9). The molecule has 180 valence electrons. The summed E-state index contributed by atoms with van der Waals surface area (Å²) in [6.45, 7) is 4.20. The third-order valence-corrected chi connectivity index (χ3v) is 6.94. The minimum Gasteiger partial charge on any atom is -0.462 e. The molecule has 0 aliphatic carbocycles. The molecule has 0 radical (unpaired) electrons. The van der Waals surface area contributed by atoms with Crippen molar-refractivity contribution in [2.24, 2.45) is 0 Å². The van der Waals surface area contributed by atoms with Crippen molar-refractivity contribution in [1.82, 2.24) is 30.4 Å². The number of aliphatic hydroxyl groups is 1. The van der Waals surface area contributed by atoms with Crippen molar-refractivity contribution in [3.63, 3.8) is 0 Å². The van der Waals surface area contributed by atoms with Crippen LogP contribution in [0.4, 0.5) is 9.59 Å². The number of aliphatic hydroxyl groups excluding tert-OH is 1. The first-order chi connectivity index (χ1) is 16.5. The van der Waals surface area contributed by atoms with Gasteiger partial charge in [-0.05, 0) is 33.4 Å². The number of nitrogens with one attached hydrogen (secondary N) is 2. The lowest BCUT2D eigenvalue weighted by Gasteiger charge is -2.14. The van der Waals surface area contributed by atoms with Crippen molar-refractivity contribution in [3.05, 3.63) is 41.0 Å². The molecule has 3 N–H and O–H groups in total. The summed E-state index contributed by atoms with van der Waals surface area (Å²) in [6, 6.07) is 10.5. The van der Waals surface area contributed by atoms with Crippen LogP contribution in [0.5, 0.6) is 6.01 Å². The van der Waals surface area contributed by atoms with Crippen molar-refractivity contribution in [1.29, 1.82) is 0 Å². The highest BCUT2D eigenvalue weighted by Gasteiger charge is 2.19. The highest BCUT2D eigenvalue weighted by Crippen LogP contribution is 2.36. The molecule has 0 atom stereocenters. The van der Waals surface area contributed by atoms with Crippen LogP contribution in [0, 0.1) is 0 Å². The molecule has 0 bridgehead atoms. The van der Waals surface area contributed by atoms with E-state index >= 15 is 0 Å². The third kappa shape index (κ3) is 5.93. The Morgan fingerprint density at radius 3 is 2.44 bits per heavy atom. The zero-order chi connectivity index (χ0) is 23.9. The summed E-state index contributed by atoms with van der Waals surface area (Å²) < 4.78 is 7.69. The van der Waals surface area contributed by atoms with Gasteiger partial charge in [-0.15, -0.1) is 11.3 Å². The number of nitrogens with zero attached hydrogens (tertiary/aromatic N) is 4. The number of carbonyl (C=O) groups is 2. The molecule has 34 heavy (non-hydrogen) atoms. The van der Waals surface area contributed by atoms with Crippen LogP contribution < -0.4 is 15.4 Å². The number of aromatic nitrogens is 2. The molecule has 0 spiro atoms. The number of carbonyl (C=O) groups excluding carboxylic acids is 2. The molecule has 2 aliphatic heterocycles. The summed E-state index contributed by atoms with van der Waals surface area (Å²) >= 11 is 5.20. The molecule has 5 rings (SSSR count). The van der Waals surface area contributed by atoms with Crippen LogP contribution in [0.25, 0.3) is 20.7 Å². The van der Waals surface area contributed by atoms with Crippen molar-refractivity contribution in [3.8, 4) is 16.6 Å². The van der Waals surface area contributed by atoms with Gasteiger partial charge in [-0.2, -0.15) is 4.98 Å². The average Bonchev–Trinajstić information content (AvgIpc) is 3.56. The second-order valence-corrected chi connectivity index (χ2v) is 9.45. The van der Waals surface area contributed by atoms with Crippen LogP contribution in [0.3, 0.4) is 0 Å². The maximum Gasteiger partial charge on any atom is 0.317 e. The summed E-state index contributed by atoms with van der Waals surface area (Å²) in [6.07, 6.45) is 1.70. The number of ether oxygens (including phenoxy) is 1. The van der Waals surface area contributed by atoms with Crippen LogP contribution in [-0.2, 0) is 0 Å². The van der Waals surface area contributed by atoms with E-state index in [1.807, 2.05) is 12.1 Å². The Bertz CT molecular complexity index is 1130. The largest absolute Gasteiger partial charge is 0.462 e. The van der Waals surface area contributed by atoms with Gasteiger partial charge in [-0.1, -0.05) is 18.2 Å². The Hall–Kier alpha value is -2.96. The normalized spacial score (nSPS) is 15.2. The van der Waals surface area contributed by atoms with Gasteiger partial charge in [0.15, 0.2) is 0 Å². The second-order valence-electron chi connectivity index (χ2n) is 7.51. The van der Waals surface area contributed by atoms with E-state index in [1.165, 1.54) is 10.1 Å². The number of hydrogen-bond donors (Lipinski definition) is 3. The molecular formula is C22H25BrN6O4S. The molecule has 2 fully saturated rings. The van der Waals surface area contributed by atoms with Crippen LogP contribution in [0.2, 0.25) is 0 Å². The van der Waals surface area contributed by atoms with Gasteiger partial charge < -0.3 is 30.3 Å². The van der Waals surface area contributed by atoms with E-state index in [2.05, 4.69) is 54.7 Å². The van der Waals surface area contributed by atoms with E-state index in [9.17, 15) is 9.59 Å². The van der Waals surface area contributed by atoms with Crippen molar-refractivity contribution < 1.29 is 19.4 Å². The minimum absolute atomic E-state index is 0.0490. The smallest absolute Gasteiger partial charge is 0.317 e. The van der Waals surface area contributed by atoms with Gasteiger partial charge in [-0.3, -0.25) is 0 Å². The summed E-state index contributed by atoms with van der Waals surface area (Å²) in [5, 5.41) is 15.0. The van der Waals surface area contributed by atoms with Gasteiger partial charge in [0.2, 0.25) is 0 Å². The zero-order valence-electron chi connectivity index (χ0n) is 18.4. The van der Waals surface area contributed by atoms with Gasteiger partial charge in [0, 0.05) is 43.6 Å². The molecular weight excluding hydrogens is 524 g/mol. The van der Waals surface area contributed by atoms with Crippen LogP contribution in [0.15, 0.2) is 41.0 Å². The first-order valence-electron chi connectivity index (χ1n) is 10.9. The van der Waals surface area contributed by atoms with E-state index in [0.29, 0.717) is 45.3 Å². The lowest BCUT2D eigenvalue weighted by Crippen LogP contribution is -2.32. The van der Waals surface area contributed by atoms with E-state index in [4.69, 9.17) is 9.84 Å². The molecule has 4 amide bonds. The van der Waals surface area contributed by atoms with Gasteiger partial charge >= 0.3 is 18.1 Å². The molecule has 4 heterocycles. The Kier molecular flexibility index (Phi) is 8.14. The number of amides is 4. The summed E-state index contributed by atoms with van der Waals surface area (Å²) in [5.41, 5.74) is 0.810. The first-order valence-corrected chi connectivity index (χ1v) is 12.5. The van der Waals surface area contributed by atoms with Crippen LogP contribution in [-0.4, -0.2) is 89.4 Å². The molecule has 1 aromatic carbocycles. The average molecular weight is 549 g/mol. The fourth-order valence-electron chi connectivity index (χ4n) is 3.51. The number of urea groups is 2. The fraction of sp³-hybridized carbons (Fsp3) is 0.364. The molecule has 10 nitrogen and oxygen atoms in total. The van der Waals surface area contributed by atoms with E-state index in [-0.39, 0.29) is 18.7 Å². The van der Waals surface area contributed by atoms with Crippen molar-refractivity contribution in [2.75, 3.05) is 52.5 Å². The molecule has 0 unspecified atom stereocenters. The van der Waals surface area contributed by atoms with E-state index in [1.54, 1.807) is 27.3 Å². The molecule has 12 heteroatoms. The molecule has 2 aromatic heterocycles. The highest BCUT2D eigenvalue weighted by molar-refractivity contribution is 9.10. The van der Waals surface area contributed by atoms with E-state index < -0.39 is 0 Å². The number of rotatable bonds is 7. The number of hydrogen-bond acceptors (Lipinski definition) is 7. The number of fused-ring (bicyclic) bond motifs is 1.